The lowest BCUT2D eigenvalue weighted by Gasteiger charge is -1.95. The smallest absolute Gasteiger partial charge is 0.306 e. The van der Waals surface area contributed by atoms with E-state index in [0.717, 1.165) is 18.7 Å². The Morgan fingerprint density at radius 1 is 1.69 bits per heavy atom. The van der Waals surface area contributed by atoms with Crippen molar-refractivity contribution in [3.63, 3.8) is 0 Å². The van der Waals surface area contributed by atoms with E-state index >= 15 is 0 Å². The molecule has 0 aliphatic heterocycles. The SMILES string of the molecule is CCCC#COCn1cc[n+](C)c1C=NO. The first-order valence-electron chi connectivity index (χ1n) is 5.11. The van der Waals surface area contributed by atoms with Crippen molar-refractivity contribution >= 4 is 6.21 Å². The average molecular weight is 222 g/mol. The Hall–Kier alpha value is -1.96. The highest BCUT2D eigenvalue weighted by atomic mass is 16.5. The summed E-state index contributed by atoms with van der Waals surface area (Å²) in [6.45, 7) is 2.38. The maximum atomic E-state index is 8.50. The van der Waals surface area contributed by atoms with Gasteiger partial charge in [0.25, 0.3) is 0 Å². The minimum atomic E-state index is 0.318. The van der Waals surface area contributed by atoms with Crippen LogP contribution in [0, 0.1) is 12.0 Å². The predicted octanol–water partition coefficient (Wildman–Crippen LogP) is 0.856. The number of aromatic nitrogens is 2. The molecular formula is C11H16N3O2+. The van der Waals surface area contributed by atoms with Crippen molar-refractivity contribution in [3.8, 4) is 12.0 Å². The standard InChI is InChI=1S/C11H15N3O2/c1-3-4-5-8-16-10-14-7-6-13(2)11(14)9-12-15/h6-7,9H,3-4,10H2,1-2H3/p+1. The largest absolute Gasteiger partial charge is 0.411 e. The van der Waals surface area contributed by atoms with Gasteiger partial charge >= 0.3 is 5.82 Å². The molecule has 5 heteroatoms. The fourth-order valence-corrected chi connectivity index (χ4v) is 1.19. The number of rotatable bonds is 4. The summed E-state index contributed by atoms with van der Waals surface area (Å²) >= 11 is 0. The third-order valence-electron chi connectivity index (χ3n) is 2.02. The van der Waals surface area contributed by atoms with Gasteiger partial charge in [0, 0.05) is 6.42 Å². The van der Waals surface area contributed by atoms with Crippen LogP contribution in [0.25, 0.3) is 0 Å². The lowest BCUT2D eigenvalue weighted by atomic mass is 10.4. The third-order valence-corrected chi connectivity index (χ3v) is 2.02. The number of imidazole rings is 1. The molecule has 0 fully saturated rings. The molecule has 0 spiro atoms. The van der Waals surface area contributed by atoms with Crippen LogP contribution in [0.2, 0.25) is 0 Å². The Morgan fingerprint density at radius 3 is 3.19 bits per heavy atom. The Kier molecular flexibility index (Phi) is 4.93. The molecule has 0 radical (unpaired) electrons. The average Bonchev–Trinajstić information content (AvgIpc) is 2.62. The number of oxime groups is 1. The van der Waals surface area contributed by atoms with Gasteiger partial charge < -0.3 is 9.94 Å². The predicted molar refractivity (Wildman–Crippen MR) is 58.8 cm³/mol. The van der Waals surface area contributed by atoms with Gasteiger partial charge in [0.2, 0.25) is 6.73 Å². The number of ether oxygens (including phenoxy) is 1. The maximum Gasteiger partial charge on any atom is 0.306 e. The fraction of sp³-hybridized carbons (Fsp3) is 0.455. The molecule has 1 rings (SSSR count). The molecule has 5 nitrogen and oxygen atoms in total. The quantitative estimate of drug-likeness (QED) is 0.270. The van der Waals surface area contributed by atoms with Crippen LogP contribution in [-0.2, 0) is 18.5 Å². The molecule has 0 aliphatic carbocycles. The van der Waals surface area contributed by atoms with Gasteiger partial charge in [-0.05, 0) is 6.42 Å². The van der Waals surface area contributed by atoms with Crippen LogP contribution in [0.15, 0.2) is 17.5 Å². The lowest BCUT2D eigenvalue weighted by molar-refractivity contribution is -0.672. The second-order valence-electron chi connectivity index (χ2n) is 3.28. The van der Waals surface area contributed by atoms with E-state index in [1.807, 2.05) is 24.0 Å². The van der Waals surface area contributed by atoms with Gasteiger partial charge in [0.15, 0.2) is 6.21 Å². The molecule has 1 aromatic heterocycles. The minimum Gasteiger partial charge on any atom is -0.411 e. The van der Waals surface area contributed by atoms with Crippen molar-refractivity contribution in [1.29, 1.82) is 0 Å². The molecule has 1 aromatic rings. The molecule has 0 bridgehead atoms. The van der Waals surface area contributed by atoms with Crippen LogP contribution in [0.3, 0.4) is 0 Å². The van der Waals surface area contributed by atoms with Crippen LogP contribution < -0.4 is 4.57 Å². The summed E-state index contributed by atoms with van der Waals surface area (Å²) in [4.78, 5) is 0. The zero-order chi connectivity index (χ0) is 11.8. The van der Waals surface area contributed by atoms with Crippen LogP contribution in [0.4, 0.5) is 0 Å². The summed E-state index contributed by atoms with van der Waals surface area (Å²) in [6.07, 6.45) is 9.52. The summed E-state index contributed by atoms with van der Waals surface area (Å²) < 4.78 is 8.78. The topological polar surface area (TPSA) is 50.6 Å². The molecule has 0 aliphatic rings. The molecule has 0 saturated heterocycles. The van der Waals surface area contributed by atoms with Gasteiger partial charge in [-0.1, -0.05) is 18.0 Å². The highest BCUT2D eigenvalue weighted by Gasteiger charge is 2.11. The normalized spacial score (nSPS) is 10.1. The van der Waals surface area contributed by atoms with Crippen molar-refractivity contribution in [3.05, 3.63) is 18.2 Å². The van der Waals surface area contributed by atoms with Gasteiger partial charge in [0.1, 0.15) is 18.5 Å². The number of unbranched alkanes of at least 4 members (excludes halogenated alkanes) is 1. The lowest BCUT2D eigenvalue weighted by Crippen LogP contribution is -2.32. The van der Waals surface area contributed by atoms with E-state index < -0.39 is 0 Å². The zero-order valence-electron chi connectivity index (χ0n) is 9.55. The second kappa shape index (κ2) is 6.51. The fourth-order valence-electron chi connectivity index (χ4n) is 1.19. The van der Waals surface area contributed by atoms with Crippen molar-refractivity contribution < 1.29 is 14.5 Å². The molecule has 0 amide bonds. The van der Waals surface area contributed by atoms with Crippen molar-refractivity contribution in [2.75, 3.05) is 0 Å². The first-order valence-corrected chi connectivity index (χ1v) is 5.11. The minimum absolute atomic E-state index is 0.318. The molecule has 0 unspecified atom stereocenters. The monoisotopic (exact) mass is 222 g/mol. The van der Waals surface area contributed by atoms with Crippen molar-refractivity contribution in [2.24, 2.45) is 12.2 Å². The van der Waals surface area contributed by atoms with Crippen LogP contribution in [0.5, 0.6) is 0 Å². The van der Waals surface area contributed by atoms with E-state index in [1.54, 1.807) is 4.57 Å². The molecule has 86 valence electrons. The number of hydrogen-bond acceptors (Lipinski definition) is 3. The van der Waals surface area contributed by atoms with Gasteiger partial charge in [-0.15, -0.1) is 0 Å². The molecule has 1 heterocycles. The molecule has 0 aromatic carbocycles. The van der Waals surface area contributed by atoms with Crippen LogP contribution >= 0.6 is 0 Å². The van der Waals surface area contributed by atoms with Gasteiger partial charge in [-0.2, -0.15) is 4.57 Å². The highest BCUT2D eigenvalue weighted by Crippen LogP contribution is 1.92. The van der Waals surface area contributed by atoms with Crippen molar-refractivity contribution in [2.45, 2.75) is 26.5 Å². The van der Waals surface area contributed by atoms with E-state index in [-0.39, 0.29) is 0 Å². The maximum absolute atomic E-state index is 8.50. The number of aryl methyl sites for hydroxylation is 1. The Bertz CT molecular complexity index is 413. The van der Waals surface area contributed by atoms with Crippen molar-refractivity contribution in [1.82, 2.24) is 4.57 Å². The molecular weight excluding hydrogens is 206 g/mol. The summed E-state index contributed by atoms with van der Waals surface area (Å²) in [5.74, 6) is 3.62. The first kappa shape index (κ1) is 12.1. The summed E-state index contributed by atoms with van der Waals surface area (Å²) in [5.41, 5.74) is 0. The number of hydrogen-bond donors (Lipinski definition) is 1. The van der Waals surface area contributed by atoms with E-state index in [0.29, 0.717) is 6.73 Å². The van der Waals surface area contributed by atoms with E-state index in [9.17, 15) is 0 Å². The Morgan fingerprint density at radius 2 is 2.50 bits per heavy atom. The van der Waals surface area contributed by atoms with Gasteiger partial charge in [-0.25, -0.2) is 4.57 Å². The van der Waals surface area contributed by atoms with Gasteiger partial charge in [-0.3, -0.25) is 0 Å². The molecule has 1 N–H and O–H groups in total. The molecule has 16 heavy (non-hydrogen) atoms. The second-order valence-corrected chi connectivity index (χ2v) is 3.28. The van der Waals surface area contributed by atoms with E-state index in [2.05, 4.69) is 24.1 Å². The zero-order valence-corrected chi connectivity index (χ0v) is 9.55. The molecule has 0 atom stereocenters. The summed E-state index contributed by atoms with van der Waals surface area (Å²) in [5, 5.41) is 11.5. The molecule has 0 saturated carbocycles. The highest BCUT2D eigenvalue weighted by molar-refractivity contribution is 5.72. The Balaban J connectivity index is 2.58. The third kappa shape index (κ3) is 3.31. The van der Waals surface area contributed by atoms with E-state index in [4.69, 9.17) is 9.94 Å². The summed E-state index contributed by atoms with van der Waals surface area (Å²) in [7, 11) is 1.86. The van der Waals surface area contributed by atoms with Crippen LogP contribution in [-0.4, -0.2) is 16.0 Å². The van der Waals surface area contributed by atoms with Gasteiger partial charge in [0.05, 0.1) is 7.05 Å². The Labute approximate surface area is 95.0 Å². The first-order chi connectivity index (χ1) is 7.79. The van der Waals surface area contributed by atoms with Crippen LogP contribution in [0.1, 0.15) is 25.6 Å². The van der Waals surface area contributed by atoms with E-state index in [1.165, 1.54) is 6.21 Å². The number of nitrogens with zero attached hydrogens (tertiary/aromatic N) is 3. The summed E-state index contributed by atoms with van der Waals surface area (Å²) in [6, 6.07) is 0.